The quantitative estimate of drug-likeness (QED) is 0.799. The van der Waals surface area contributed by atoms with Crippen LogP contribution in [0.5, 0.6) is 0 Å². The summed E-state index contributed by atoms with van der Waals surface area (Å²) in [5, 5.41) is 0. The average Bonchev–Trinajstić information content (AvgIpc) is 2.71. The minimum atomic E-state index is -2.27. The van der Waals surface area contributed by atoms with Crippen molar-refractivity contribution >= 4 is 38.8 Å². The Morgan fingerprint density at radius 1 is 1.22 bits per heavy atom. The van der Waals surface area contributed by atoms with Crippen LogP contribution in [0.4, 0.5) is 0 Å². The van der Waals surface area contributed by atoms with Gasteiger partial charge in [0.25, 0.3) is 0 Å². The summed E-state index contributed by atoms with van der Waals surface area (Å²) < 4.78 is 3.03. The Bertz CT molecular complexity index is 502. The third-order valence-electron chi connectivity index (χ3n) is 3.22. The van der Waals surface area contributed by atoms with Crippen molar-refractivity contribution in [2.75, 3.05) is 0 Å². The van der Waals surface area contributed by atoms with Gasteiger partial charge >= 0.3 is 122 Å². The zero-order valence-electron chi connectivity index (χ0n) is 10.7. The molecule has 3 heteroatoms. The molecule has 0 aliphatic carbocycles. The second-order valence-corrected chi connectivity index (χ2v) is 14.3. The summed E-state index contributed by atoms with van der Waals surface area (Å²) in [4.78, 5) is 12.2. The molecule has 0 fully saturated rings. The molecule has 1 nitrogen and oxygen atoms in total. The molecule has 0 amide bonds. The summed E-state index contributed by atoms with van der Waals surface area (Å²) in [6.45, 7) is 3.92. The standard InChI is InChI=1S/C8H9ClO.C7H7.In/c1-7(2)8(10)5-3-4-6-9;1-7-5-3-2-4-6-7;/h3-4,7H,1-2H3;2-6H,1H2;. The van der Waals surface area contributed by atoms with Gasteiger partial charge in [0.15, 0.2) is 0 Å². The van der Waals surface area contributed by atoms with Gasteiger partial charge in [-0.15, -0.1) is 0 Å². The normalized spacial score (nSPS) is 14.8. The first kappa shape index (κ1) is 14.0. The zero-order chi connectivity index (χ0) is 13.1. The van der Waals surface area contributed by atoms with Crippen LogP contribution in [-0.4, -0.2) is 27.2 Å². The van der Waals surface area contributed by atoms with Crippen molar-refractivity contribution in [3.8, 4) is 0 Å². The Morgan fingerprint density at radius 2 is 1.89 bits per heavy atom. The molecule has 1 aromatic rings. The van der Waals surface area contributed by atoms with Gasteiger partial charge in [0, 0.05) is 0 Å². The summed E-state index contributed by atoms with van der Waals surface area (Å²) >= 11 is 4.05. The van der Waals surface area contributed by atoms with E-state index in [-0.39, 0.29) is 5.92 Å². The maximum absolute atomic E-state index is 12.2. The number of halogens is 1. The predicted molar refractivity (Wildman–Crippen MR) is 77.8 cm³/mol. The molecule has 0 saturated carbocycles. The molecule has 92 valence electrons. The van der Waals surface area contributed by atoms with Crippen molar-refractivity contribution < 1.29 is 4.79 Å². The second kappa shape index (κ2) is 6.12. The molecular formula is C15H16ClInO. The molecule has 0 bridgehead atoms. The number of Topliss-reactive ketones (excluding diaryl/α,β-unsaturated/α-hetero) is 1. The van der Waals surface area contributed by atoms with E-state index < -0.39 is 21.4 Å². The number of carbonyl (C=O) groups is 1. The van der Waals surface area contributed by atoms with E-state index in [1.807, 2.05) is 44.2 Å². The van der Waals surface area contributed by atoms with Crippen LogP contribution in [0.1, 0.15) is 19.4 Å². The van der Waals surface area contributed by atoms with Gasteiger partial charge in [0.1, 0.15) is 0 Å². The Labute approximate surface area is 121 Å². The number of carbonyl (C=O) groups excluding carboxylic acids is 1. The van der Waals surface area contributed by atoms with E-state index in [9.17, 15) is 4.79 Å². The van der Waals surface area contributed by atoms with E-state index in [2.05, 4.69) is 12.1 Å². The molecule has 0 saturated heterocycles. The van der Waals surface area contributed by atoms with Crippen LogP contribution in [0.15, 0.2) is 48.6 Å². The number of ketones is 1. The van der Waals surface area contributed by atoms with E-state index in [1.165, 1.54) is 5.56 Å². The monoisotopic (exact) mass is 362 g/mol. The van der Waals surface area contributed by atoms with Gasteiger partial charge < -0.3 is 0 Å². The van der Waals surface area contributed by atoms with Crippen LogP contribution in [0.2, 0.25) is 0 Å². The van der Waals surface area contributed by atoms with Crippen molar-refractivity contribution in [3.05, 3.63) is 54.2 Å². The van der Waals surface area contributed by atoms with Gasteiger partial charge in [-0.1, -0.05) is 0 Å². The van der Waals surface area contributed by atoms with Crippen LogP contribution in [0, 0.1) is 5.92 Å². The van der Waals surface area contributed by atoms with Crippen molar-refractivity contribution in [1.82, 2.24) is 0 Å². The number of allylic oxidation sites excluding steroid dienone is 3. The number of hydrogen-bond donors (Lipinski definition) is 0. The van der Waals surface area contributed by atoms with Crippen LogP contribution in [0.3, 0.4) is 0 Å². The second-order valence-electron chi connectivity index (χ2n) is 4.93. The molecular weight excluding hydrogens is 346 g/mol. The first-order valence-electron chi connectivity index (χ1n) is 6.25. The molecule has 18 heavy (non-hydrogen) atoms. The molecule has 1 heterocycles. The summed E-state index contributed by atoms with van der Waals surface area (Å²) in [6.07, 6.45) is 3.91. The zero-order valence-corrected chi connectivity index (χ0v) is 14.7. The molecule has 2 rings (SSSR count). The van der Waals surface area contributed by atoms with E-state index in [4.69, 9.17) is 11.6 Å². The van der Waals surface area contributed by atoms with Gasteiger partial charge in [-0.3, -0.25) is 0 Å². The fraction of sp³-hybridized carbons (Fsp3) is 0.267. The maximum atomic E-state index is 12.2. The van der Waals surface area contributed by atoms with Gasteiger partial charge in [-0.05, 0) is 0 Å². The third kappa shape index (κ3) is 3.10. The van der Waals surface area contributed by atoms with Gasteiger partial charge in [0.05, 0.1) is 0 Å². The topological polar surface area (TPSA) is 17.1 Å². The van der Waals surface area contributed by atoms with Gasteiger partial charge in [-0.25, -0.2) is 0 Å². The summed E-state index contributed by atoms with van der Waals surface area (Å²) in [5.74, 6) is 0.362. The molecule has 0 radical (unpaired) electrons. The molecule has 1 aromatic carbocycles. The average molecular weight is 363 g/mol. The molecule has 0 atom stereocenters. The molecule has 0 unspecified atom stereocenters. The van der Waals surface area contributed by atoms with E-state index in [0.717, 1.165) is 10.3 Å². The molecule has 0 N–H and O–H groups in total. The van der Waals surface area contributed by atoms with E-state index in [1.54, 1.807) is 0 Å². The fourth-order valence-electron chi connectivity index (χ4n) is 2.19. The van der Waals surface area contributed by atoms with Crippen molar-refractivity contribution in [3.63, 3.8) is 0 Å². The summed E-state index contributed by atoms with van der Waals surface area (Å²) in [7, 11) is 0. The Morgan fingerprint density at radius 3 is 2.50 bits per heavy atom. The first-order chi connectivity index (χ1) is 8.59. The SMILES string of the molecule is CC(C)C(=O)[C]1=CC=[C](Cl)[In]1[CH2]c1ccccc1. The molecule has 0 aromatic heterocycles. The van der Waals surface area contributed by atoms with Crippen molar-refractivity contribution in [1.29, 1.82) is 0 Å². The number of hydrogen-bond acceptors (Lipinski definition) is 1. The molecule has 0 spiro atoms. The van der Waals surface area contributed by atoms with Crippen molar-refractivity contribution in [2.45, 2.75) is 18.0 Å². The van der Waals surface area contributed by atoms with Crippen molar-refractivity contribution in [2.24, 2.45) is 5.92 Å². The molecule has 1 aliphatic heterocycles. The first-order valence-corrected chi connectivity index (χ1v) is 12.3. The van der Waals surface area contributed by atoms with E-state index in [0.29, 0.717) is 5.78 Å². The third-order valence-corrected chi connectivity index (χ3v) is 13.6. The fourth-order valence-corrected chi connectivity index (χ4v) is 11.5. The Kier molecular flexibility index (Phi) is 4.74. The number of benzene rings is 1. The van der Waals surface area contributed by atoms with Crippen LogP contribution >= 0.6 is 11.6 Å². The van der Waals surface area contributed by atoms with E-state index >= 15 is 0 Å². The summed E-state index contributed by atoms with van der Waals surface area (Å²) in [6, 6.07) is 10.3. The number of rotatable bonds is 4. The van der Waals surface area contributed by atoms with Crippen LogP contribution in [0.25, 0.3) is 0 Å². The Hall–Kier alpha value is -0.470. The Balaban J connectivity index is 2.18. The minimum absolute atomic E-state index is 0.0715. The van der Waals surface area contributed by atoms with Gasteiger partial charge in [0.2, 0.25) is 0 Å². The molecule has 1 aliphatic rings. The summed E-state index contributed by atoms with van der Waals surface area (Å²) in [5.41, 5.74) is 1.30. The predicted octanol–water partition coefficient (Wildman–Crippen LogP) is 3.63. The van der Waals surface area contributed by atoms with Gasteiger partial charge in [-0.2, -0.15) is 0 Å². The van der Waals surface area contributed by atoms with Crippen LogP contribution < -0.4 is 0 Å². The van der Waals surface area contributed by atoms with Crippen LogP contribution in [-0.2, 0) is 8.97 Å².